The highest BCUT2D eigenvalue weighted by atomic mass is 79.9. The summed E-state index contributed by atoms with van der Waals surface area (Å²) < 4.78 is 1.11. The van der Waals surface area contributed by atoms with Gasteiger partial charge < -0.3 is 10.6 Å². The van der Waals surface area contributed by atoms with Crippen molar-refractivity contribution < 1.29 is 0 Å². The molecule has 0 fully saturated rings. The van der Waals surface area contributed by atoms with Gasteiger partial charge in [-0.1, -0.05) is 18.2 Å². The Balaban J connectivity index is 1.97. The molecular formula is C13H12BrN3S. The van der Waals surface area contributed by atoms with E-state index in [9.17, 15) is 0 Å². The highest BCUT2D eigenvalue weighted by Crippen LogP contribution is 2.35. The summed E-state index contributed by atoms with van der Waals surface area (Å²) in [5.41, 5.74) is 7.10. The predicted octanol–water partition coefficient (Wildman–Crippen LogP) is 3.39. The van der Waals surface area contributed by atoms with E-state index in [2.05, 4.69) is 49.4 Å². The summed E-state index contributed by atoms with van der Waals surface area (Å²) >= 11 is 5.22. The number of rotatable bonds is 2. The minimum Gasteiger partial charge on any atom is -0.369 e. The summed E-state index contributed by atoms with van der Waals surface area (Å²) in [6, 6.07) is 12.5. The van der Waals surface area contributed by atoms with Crippen LogP contribution < -0.4 is 10.6 Å². The zero-order valence-electron chi connectivity index (χ0n) is 9.58. The Kier molecular flexibility index (Phi) is 3.09. The van der Waals surface area contributed by atoms with Gasteiger partial charge in [0.15, 0.2) is 5.96 Å². The van der Waals surface area contributed by atoms with Gasteiger partial charge in [-0.15, -0.1) is 11.3 Å². The molecule has 0 aliphatic carbocycles. The van der Waals surface area contributed by atoms with Crippen molar-refractivity contribution in [3.63, 3.8) is 0 Å². The van der Waals surface area contributed by atoms with Crippen LogP contribution in [0.15, 0.2) is 51.2 Å². The minimum atomic E-state index is 0.212. The Morgan fingerprint density at radius 1 is 1.33 bits per heavy atom. The van der Waals surface area contributed by atoms with E-state index in [1.807, 2.05) is 18.2 Å². The lowest BCUT2D eigenvalue weighted by atomic mass is 10.2. The van der Waals surface area contributed by atoms with Gasteiger partial charge >= 0.3 is 0 Å². The SMILES string of the molecule is NC1=NCC(c2cc(Br)cs2)N1c1ccccc1. The number of anilines is 1. The van der Waals surface area contributed by atoms with E-state index in [4.69, 9.17) is 5.73 Å². The first-order chi connectivity index (χ1) is 8.75. The fourth-order valence-electron chi connectivity index (χ4n) is 2.12. The molecule has 3 nitrogen and oxygen atoms in total. The van der Waals surface area contributed by atoms with Crippen molar-refractivity contribution in [2.45, 2.75) is 6.04 Å². The van der Waals surface area contributed by atoms with Gasteiger partial charge in [0, 0.05) is 20.4 Å². The maximum Gasteiger partial charge on any atom is 0.196 e. The smallest absolute Gasteiger partial charge is 0.196 e. The van der Waals surface area contributed by atoms with Crippen molar-refractivity contribution in [1.82, 2.24) is 0 Å². The van der Waals surface area contributed by atoms with Gasteiger partial charge in [-0.05, 0) is 34.1 Å². The van der Waals surface area contributed by atoms with Gasteiger partial charge in [0.2, 0.25) is 0 Å². The van der Waals surface area contributed by atoms with Crippen molar-refractivity contribution in [1.29, 1.82) is 0 Å². The molecule has 0 spiro atoms. The third kappa shape index (κ3) is 2.04. The fraction of sp³-hybridized carbons (Fsp3) is 0.154. The number of hydrogen-bond acceptors (Lipinski definition) is 4. The van der Waals surface area contributed by atoms with Crippen LogP contribution in [-0.2, 0) is 0 Å². The Labute approximate surface area is 118 Å². The van der Waals surface area contributed by atoms with Gasteiger partial charge in [0.05, 0.1) is 12.6 Å². The van der Waals surface area contributed by atoms with E-state index < -0.39 is 0 Å². The Morgan fingerprint density at radius 2 is 2.11 bits per heavy atom. The Morgan fingerprint density at radius 3 is 2.78 bits per heavy atom. The molecular weight excluding hydrogens is 310 g/mol. The summed E-state index contributed by atoms with van der Waals surface area (Å²) in [6.07, 6.45) is 0. The van der Waals surface area contributed by atoms with E-state index in [0.29, 0.717) is 12.5 Å². The summed E-state index contributed by atoms with van der Waals surface area (Å²) in [5.74, 6) is 0.593. The van der Waals surface area contributed by atoms with E-state index in [1.165, 1.54) is 4.88 Å². The molecule has 92 valence electrons. The molecule has 0 amide bonds. The maximum absolute atomic E-state index is 6.01. The van der Waals surface area contributed by atoms with Crippen LogP contribution in [0.3, 0.4) is 0 Å². The average Bonchev–Trinajstić information content (AvgIpc) is 2.96. The number of para-hydroxylation sites is 1. The van der Waals surface area contributed by atoms with E-state index in [1.54, 1.807) is 11.3 Å². The minimum absolute atomic E-state index is 0.212. The molecule has 1 unspecified atom stereocenters. The standard InChI is InChI=1S/C13H12BrN3S/c14-9-6-12(18-8-9)11-7-16-13(15)17(11)10-4-2-1-3-5-10/h1-6,8,11H,7H2,(H2,15,16). The Bertz CT molecular complexity index is 579. The average molecular weight is 322 g/mol. The fourth-order valence-corrected chi connectivity index (χ4v) is 3.65. The van der Waals surface area contributed by atoms with E-state index in [0.717, 1.165) is 10.2 Å². The third-order valence-corrected chi connectivity index (χ3v) is 4.73. The second-order valence-electron chi connectivity index (χ2n) is 4.09. The molecule has 1 aromatic carbocycles. The zero-order chi connectivity index (χ0) is 12.5. The number of guanidine groups is 1. The van der Waals surface area contributed by atoms with Crippen LogP contribution in [0.2, 0.25) is 0 Å². The molecule has 1 aliphatic heterocycles. The van der Waals surface area contributed by atoms with Crippen LogP contribution in [0.5, 0.6) is 0 Å². The van der Waals surface area contributed by atoms with Crippen molar-refractivity contribution in [2.24, 2.45) is 10.7 Å². The quantitative estimate of drug-likeness (QED) is 0.921. The molecule has 0 saturated carbocycles. The van der Waals surface area contributed by atoms with Crippen LogP contribution >= 0.6 is 27.3 Å². The molecule has 2 heterocycles. The van der Waals surface area contributed by atoms with Crippen LogP contribution in [0.1, 0.15) is 10.9 Å². The predicted molar refractivity (Wildman–Crippen MR) is 80.2 cm³/mol. The second-order valence-corrected chi connectivity index (χ2v) is 5.95. The molecule has 5 heteroatoms. The molecule has 3 rings (SSSR count). The van der Waals surface area contributed by atoms with Crippen molar-refractivity contribution in [3.8, 4) is 0 Å². The van der Waals surface area contributed by atoms with Gasteiger partial charge in [-0.25, -0.2) is 0 Å². The van der Waals surface area contributed by atoms with Crippen molar-refractivity contribution >= 4 is 38.9 Å². The molecule has 1 atom stereocenters. The molecule has 0 bridgehead atoms. The number of thiophene rings is 1. The summed E-state index contributed by atoms with van der Waals surface area (Å²) in [6.45, 7) is 0.716. The summed E-state index contributed by atoms with van der Waals surface area (Å²) in [5, 5.41) is 2.09. The molecule has 2 N–H and O–H groups in total. The maximum atomic E-state index is 6.01. The lowest BCUT2D eigenvalue weighted by Gasteiger charge is -2.25. The number of hydrogen-bond donors (Lipinski definition) is 1. The molecule has 18 heavy (non-hydrogen) atoms. The first kappa shape index (κ1) is 11.7. The molecule has 0 radical (unpaired) electrons. The topological polar surface area (TPSA) is 41.6 Å². The Hall–Kier alpha value is -1.33. The van der Waals surface area contributed by atoms with Crippen LogP contribution in [0.25, 0.3) is 0 Å². The number of nitrogens with zero attached hydrogens (tertiary/aromatic N) is 2. The first-order valence-corrected chi connectivity index (χ1v) is 7.31. The highest BCUT2D eigenvalue weighted by molar-refractivity contribution is 9.10. The van der Waals surface area contributed by atoms with Gasteiger partial charge in [0.25, 0.3) is 0 Å². The number of halogens is 1. The second kappa shape index (κ2) is 4.74. The van der Waals surface area contributed by atoms with Gasteiger partial charge in [-0.2, -0.15) is 0 Å². The number of aliphatic imine (C=N–C) groups is 1. The van der Waals surface area contributed by atoms with Gasteiger partial charge in [0.1, 0.15) is 0 Å². The van der Waals surface area contributed by atoms with E-state index in [-0.39, 0.29) is 6.04 Å². The lowest BCUT2D eigenvalue weighted by molar-refractivity contribution is 0.784. The molecule has 1 aliphatic rings. The lowest BCUT2D eigenvalue weighted by Crippen LogP contribution is -2.35. The summed E-state index contributed by atoms with van der Waals surface area (Å²) in [4.78, 5) is 7.74. The number of nitrogens with two attached hydrogens (primary N) is 1. The number of benzene rings is 1. The molecule has 2 aromatic rings. The first-order valence-electron chi connectivity index (χ1n) is 5.64. The van der Waals surface area contributed by atoms with Crippen LogP contribution in [0, 0.1) is 0 Å². The molecule has 0 saturated heterocycles. The van der Waals surface area contributed by atoms with Crippen molar-refractivity contribution in [2.75, 3.05) is 11.4 Å². The largest absolute Gasteiger partial charge is 0.369 e. The third-order valence-electron chi connectivity index (χ3n) is 2.94. The zero-order valence-corrected chi connectivity index (χ0v) is 12.0. The normalized spacial score (nSPS) is 19.1. The summed E-state index contributed by atoms with van der Waals surface area (Å²) in [7, 11) is 0. The molecule has 1 aromatic heterocycles. The van der Waals surface area contributed by atoms with E-state index >= 15 is 0 Å². The van der Waals surface area contributed by atoms with Gasteiger partial charge in [-0.3, -0.25) is 4.99 Å². The van der Waals surface area contributed by atoms with Crippen molar-refractivity contribution in [3.05, 3.63) is 51.1 Å². The monoisotopic (exact) mass is 321 g/mol. The van der Waals surface area contributed by atoms with Crippen LogP contribution in [0.4, 0.5) is 5.69 Å². The van der Waals surface area contributed by atoms with Crippen LogP contribution in [-0.4, -0.2) is 12.5 Å². The highest BCUT2D eigenvalue weighted by Gasteiger charge is 2.29.